The van der Waals surface area contributed by atoms with Crippen molar-refractivity contribution in [2.24, 2.45) is 5.18 Å². The van der Waals surface area contributed by atoms with Gasteiger partial charge in [0.1, 0.15) is 5.54 Å². The van der Waals surface area contributed by atoms with E-state index >= 15 is 0 Å². The van der Waals surface area contributed by atoms with E-state index in [4.69, 9.17) is 9.47 Å². The van der Waals surface area contributed by atoms with Crippen molar-refractivity contribution in [2.75, 3.05) is 14.2 Å². The summed E-state index contributed by atoms with van der Waals surface area (Å²) in [6.45, 7) is 3.82. The van der Waals surface area contributed by atoms with Gasteiger partial charge in [0.2, 0.25) is 0 Å². The van der Waals surface area contributed by atoms with E-state index in [0.717, 1.165) is 5.56 Å². The summed E-state index contributed by atoms with van der Waals surface area (Å²) in [4.78, 5) is 10.8. The number of rotatable bonds is 6. The van der Waals surface area contributed by atoms with Crippen molar-refractivity contribution >= 4 is 0 Å². The smallest absolute Gasteiger partial charge is 0.160 e. The highest BCUT2D eigenvalue weighted by molar-refractivity contribution is 5.43. The van der Waals surface area contributed by atoms with E-state index in [9.17, 15) is 4.91 Å². The number of methoxy groups -OCH3 is 2. The van der Waals surface area contributed by atoms with Crippen LogP contribution < -0.4 is 9.47 Å². The third-order valence-corrected chi connectivity index (χ3v) is 3.01. The highest BCUT2D eigenvalue weighted by Gasteiger charge is 2.23. The lowest BCUT2D eigenvalue weighted by Gasteiger charge is -2.19. The van der Waals surface area contributed by atoms with Gasteiger partial charge in [-0.1, -0.05) is 18.2 Å². The van der Waals surface area contributed by atoms with Crippen molar-refractivity contribution in [1.29, 1.82) is 0 Å². The number of nitrogens with zero attached hydrogens (tertiary/aromatic N) is 1. The minimum Gasteiger partial charge on any atom is -0.493 e. The number of benzene rings is 1. The molecule has 0 radical (unpaired) electrons. The molecule has 0 aliphatic heterocycles. The molecule has 0 bridgehead atoms. The molecule has 1 rings (SSSR count). The molecule has 4 heteroatoms. The van der Waals surface area contributed by atoms with Gasteiger partial charge in [0.15, 0.2) is 11.5 Å². The Morgan fingerprint density at radius 2 is 1.88 bits per heavy atom. The molecule has 0 aromatic heterocycles. The molecule has 0 N–H and O–H groups in total. The van der Waals surface area contributed by atoms with Crippen molar-refractivity contribution in [2.45, 2.75) is 32.2 Å². The molecule has 0 heterocycles. The highest BCUT2D eigenvalue weighted by atomic mass is 16.5. The molecule has 0 aliphatic carbocycles. The Bertz CT molecular complexity index is 392. The summed E-state index contributed by atoms with van der Waals surface area (Å²) < 4.78 is 10.4. The third kappa shape index (κ3) is 3.19. The Balaban J connectivity index is 2.96. The van der Waals surface area contributed by atoms with Crippen LogP contribution in [0.25, 0.3) is 0 Å². The van der Waals surface area contributed by atoms with Crippen LogP contribution in [-0.4, -0.2) is 19.8 Å². The summed E-state index contributed by atoms with van der Waals surface area (Å²) in [6, 6.07) is 5.66. The molecular formula is C13H19NO3. The minimum absolute atomic E-state index is 0.556. The predicted octanol–water partition coefficient (Wildman–Crippen LogP) is 3.18. The monoisotopic (exact) mass is 237 g/mol. The maximum Gasteiger partial charge on any atom is 0.160 e. The summed E-state index contributed by atoms with van der Waals surface area (Å²) in [5.41, 5.74) is 0.464. The van der Waals surface area contributed by atoms with Gasteiger partial charge >= 0.3 is 0 Å². The molecule has 1 aromatic carbocycles. The Morgan fingerprint density at radius 1 is 1.24 bits per heavy atom. The zero-order valence-electron chi connectivity index (χ0n) is 10.8. The lowest BCUT2D eigenvalue weighted by atomic mass is 9.91. The maximum atomic E-state index is 10.8. The van der Waals surface area contributed by atoms with Crippen molar-refractivity contribution in [3.05, 3.63) is 28.7 Å². The number of ether oxygens (including phenoxy) is 2. The zero-order valence-corrected chi connectivity index (χ0v) is 10.8. The standard InChI is InChI=1S/C13H19NO3/c1-5-13(2,14-15)9-10-6-7-11(16-3)12(8-10)17-4/h6-8H,5,9H2,1-4H3. The fourth-order valence-corrected chi connectivity index (χ4v) is 1.65. The van der Waals surface area contributed by atoms with Crippen molar-refractivity contribution in [3.8, 4) is 11.5 Å². The molecule has 0 aliphatic rings. The highest BCUT2D eigenvalue weighted by Crippen LogP contribution is 2.30. The number of hydrogen-bond donors (Lipinski definition) is 0. The largest absolute Gasteiger partial charge is 0.493 e. The Hall–Kier alpha value is -1.58. The first-order chi connectivity index (χ1) is 8.08. The van der Waals surface area contributed by atoms with Crippen LogP contribution in [0.1, 0.15) is 25.8 Å². The Morgan fingerprint density at radius 3 is 2.35 bits per heavy atom. The molecule has 0 saturated heterocycles. The van der Waals surface area contributed by atoms with Gasteiger partial charge in [0, 0.05) is 6.42 Å². The van der Waals surface area contributed by atoms with Crippen molar-refractivity contribution < 1.29 is 9.47 Å². The van der Waals surface area contributed by atoms with E-state index in [0.29, 0.717) is 24.3 Å². The maximum absolute atomic E-state index is 10.8. The first-order valence-corrected chi connectivity index (χ1v) is 5.64. The van der Waals surface area contributed by atoms with Crippen LogP contribution in [0.5, 0.6) is 11.5 Å². The first kappa shape index (κ1) is 13.5. The lowest BCUT2D eigenvalue weighted by molar-refractivity contribution is 0.353. The average molecular weight is 237 g/mol. The van der Waals surface area contributed by atoms with E-state index in [1.807, 2.05) is 32.0 Å². The molecule has 1 aromatic rings. The Kier molecular flexibility index (Phi) is 4.49. The fraction of sp³-hybridized carbons (Fsp3) is 0.538. The van der Waals surface area contributed by atoms with Gasteiger partial charge in [0.05, 0.1) is 14.2 Å². The average Bonchev–Trinajstić information content (AvgIpc) is 2.38. The van der Waals surface area contributed by atoms with E-state index in [1.54, 1.807) is 14.2 Å². The van der Waals surface area contributed by atoms with Crippen LogP contribution in [-0.2, 0) is 6.42 Å². The molecular weight excluding hydrogens is 218 g/mol. The second-order valence-electron chi connectivity index (χ2n) is 4.31. The van der Waals surface area contributed by atoms with Crippen LogP contribution in [0, 0.1) is 4.91 Å². The van der Waals surface area contributed by atoms with Gasteiger partial charge in [-0.25, -0.2) is 0 Å². The summed E-state index contributed by atoms with van der Waals surface area (Å²) in [7, 11) is 3.19. The number of nitroso groups, excluding NO2 is 1. The van der Waals surface area contributed by atoms with Crippen LogP contribution in [0.4, 0.5) is 0 Å². The van der Waals surface area contributed by atoms with Gasteiger partial charge in [-0.05, 0) is 31.0 Å². The molecule has 1 atom stereocenters. The normalized spacial score (nSPS) is 13.9. The third-order valence-electron chi connectivity index (χ3n) is 3.01. The van der Waals surface area contributed by atoms with Crippen LogP contribution >= 0.6 is 0 Å². The Labute approximate surface area is 102 Å². The van der Waals surface area contributed by atoms with Gasteiger partial charge in [-0.15, -0.1) is 0 Å². The number of hydrogen-bond acceptors (Lipinski definition) is 4. The van der Waals surface area contributed by atoms with E-state index in [1.165, 1.54) is 0 Å². The second-order valence-corrected chi connectivity index (χ2v) is 4.31. The van der Waals surface area contributed by atoms with Crippen LogP contribution in [0.3, 0.4) is 0 Å². The molecule has 0 amide bonds. The first-order valence-electron chi connectivity index (χ1n) is 5.64. The topological polar surface area (TPSA) is 47.9 Å². The molecule has 4 nitrogen and oxygen atoms in total. The fourth-order valence-electron chi connectivity index (χ4n) is 1.65. The van der Waals surface area contributed by atoms with Crippen LogP contribution in [0.2, 0.25) is 0 Å². The van der Waals surface area contributed by atoms with E-state index < -0.39 is 5.54 Å². The molecule has 1 unspecified atom stereocenters. The quantitative estimate of drug-likeness (QED) is 0.714. The molecule has 94 valence electrons. The van der Waals surface area contributed by atoms with Gasteiger partial charge in [-0.2, -0.15) is 4.91 Å². The molecule has 0 spiro atoms. The molecule has 17 heavy (non-hydrogen) atoms. The summed E-state index contributed by atoms with van der Waals surface area (Å²) in [5, 5.41) is 3.21. The molecule has 0 fully saturated rings. The molecule has 0 saturated carbocycles. The van der Waals surface area contributed by atoms with Crippen LogP contribution in [0.15, 0.2) is 23.4 Å². The predicted molar refractivity (Wildman–Crippen MR) is 67.7 cm³/mol. The minimum atomic E-state index is -0.556. The lowest BCUT2D eigenvalue weighted by Crippen LogP contribution is -2.23. The van der Waals surface area contributed by atoms with Crippen molar-refractivity contribution in [1.82, 2.24) is 0 Å². The second kappa shape index (κ2) is 5.66. The SMILES string of the molecule is CCC(C)(Cc1ccc(OC)c(OC)c1)N=O. The summed E-state index contributed by atoms with van der Waals surface area (Å²) in [6.07, 6.45) is 1.32. The van der Waals surface area contributed by atoms with Gasteiger partial charge in [0.25, 0.3) is 0 Å². The summed E-state index contributed by atoms with van der Waals surface area (Å²) >= 11 is 0. The van der Waals surface area contributed by atoms with Crippen molar-refractivity contribution in [3.63, 3.8) is 0 Å². The van der Waals surface area contributed by atoms with Gasteiger partial charge in [-0.3, -0.25) is 0 Å². The van der Waals surface area contributed by atoms with E-state index in [-0.39, 0.29) is 0 Å². The zero-order chi connectivity index (χ0) is 12.9. The summed E-state index contributed by atoms with van der Waals surface area (Å²) in [5.74, 6) is 1.36. The van der Waals surface area contributed by atoms with E-state index in [2.05, 4.69) is 5.18 Å². The van der Waals surface area contributed by atoms with Gasteiger partial charge < -0.3 is 9.47 Å².